The summed E-state index contributed by atoms with van der Waals surface area (Å²) in [6.07, 6.45) is 11.5. The van der Waals surface area contributed by atoms with Gasteiger partial charge in [0, 0.05) is 22.3 Å². The molecule has 6 rings (SSSR count). The lowest BCUT2D eigenvalue weighted by Crippen LogP contribution is -2.67. The predicted molar refractivity (Wildman–Crippen MR) is 172 cm³/mol. The second-order valence-corrected chi connectivity index (χ2v) is 15.5. The van der Waals surface area contributed by atoms with E-state index in [-0.39, 0.29) is 41.4 Å². The molecular weight excluding hydrogens is 568 g/mol. The van der Waals surface area contributed by atoms with Crippen LogP contribution in [-0.2, 0) is 16.0 Å². The molecule has 0 aliphatic heterocycles. The van der Waals surface area contributed by atoms with Crippen molar-refractivity contribution in [3.8, 4) is 5.75 Å². The average molecular weight is 615 g/mol. The molecule has 240 valence electrons. The van der Waals surface area contributed by atoms with Gasteiger partial charge in [-0.25, -0.2) is 0 Å². The molecule has 7 nitrogen and oxygen atoms in total. The summed E-state index contributed by atoms with van der Waals surface area (Å²) in [5.74, 6) is -3.50. The highest BCUT2D eigenvalue weighted by molar-refractivity contribution is 6.25. The number of aromatic hydroxyl groups is 1. The zero-order chi connectivity index (χ0) is 32.8. The van der Waals surface area contributed by atoms with Gasteiger partial charge in [-0.05, 0) is 86.0 Å². The number of rotatable bonds is 5. The third-order valence-electron chi connectivity index (χ3n) is 11.9. The lowest BCUT2D eigenvalue weighted by Gasteiger charge is -2.59. The van der Waals surface area contributed by atoms with Crippen molar-refractivity contribution in [2.75, 3.05) is 0 Å². The number of Topliss-reactive ketones (excluding diaryl/α,β-unsaturated/α-hetero) is 3. The second kappa shape index (κ2) is 10.5. The number of aliphatic hydroxyl groups excluding tert-OH is 2. The minimum atomic E-state index is -2.60. The van der Waals surface area contributed by atoms with Gasteiger partial charge < -0.3 is 20.4 Å². The van der Waals surface area contributed by atoms with Gasteiger partial charge in [0.25, 0.3) is 0 Å². The number of hydrogen-bond acceptors (Lipinski definition) is 7. The monoisotopic (exact) mass is 614 g/mol. The number of hydrogen-bond donors (Lipinski definition) is 4. The van der Waals surface area contributed by atoms with Gasteiger partial charge in [0.05, 0.1) is 5.56 Å². The Bertz CT molecular complexity index is 1650. The molecule has 1 unspecified atom stereocenters. The summed E-state index contributed by atoms with van der Waals surface area (Å²) in [5, 5.41) is 46.5. The van der Waals surface area contributed by atoms with Crippen molar-refractivity contribution in [3.05, 3.63) is 69.2 Å². The fourth-order valence-electron chi connectivity index (χ4n) is 9.84. The van der Waals surface area contributed by atoms with Crippen LogP contribution in [-0.4, -0.2) is 43.4 Å². The summed E-state index contributed by atoms with van der Waals surface area (Å²) in [6, 6.07) is 3.37. The molecule has 0 radical (unpaired) electrons. The van der Waals surface area contributed by atoms with E-state index in [0.29, 0.717) is 11.5 Å². The van der Waals surface area contributed by atoms with Crippen LogP contribution in [0.2, 0.25) is 0 Å². The Balaban J connectivity index is 1.42. The Morgan fingerprint density at radius 1 is 1.02 bits per heavy atom. The number of benzene rings is 1. The molecule has 1 fully saturated rings. The van der Waals surface area contributed by atoms with Crippen molar-refractivity contribution in [2.24, 2.45) is 34.5 Å². The lowest BCUT2D eigenvalue weighted by molar-refractivity contribution is -0.171. The van der Waals surface area contributed by atoms with Gasteiger partial charge in [-0.1, -0.05) is 71.3 Å². The number of allylic oxidation sites excluding steroid dienone is 6. The molecule has 4 N–H and O–H groups in total. The molecule has 1 aromatic rings. The van der Waals surface area contributed by atoms with E-state index < -0.39 is 51.0 Å². The van der Waals surface area contributed by atoms with Crippen LogP contribution in [0.3, 0.4) is 0 Å². The van der Waals surface area contributed by atoms with Crippen molar-refractivity contribution in [2.45, 2.75) is 98.5 Å². The molecule has 0 spiro atoms. The summed E-state index contributed by atoms with van der Waals surface area (Å²) >= 11 is 0. The zero-order valence-corrected chi connectivity index (χ0v) is 27.3. The van der Waals surface area contributed by atoms with Crippen LogP contribution in [0.1, 0.15) is 108 Å². The van der Waals surface area contributed by atoms with E-state index in [1.165, 1.54) is 37.3 Å². The van der Waals surface area contributed by atoms with Crippen LogP contribution in [0.15, 0.2) is 52.5 Å². The maximum absolute atomic E-state index is 14.4. The SMILES string of the molecule is CC(=O)C1=C(O)C(C(C)C)[C@@]2(C)C[C@@]3(C)Cc4c(C5=CC=C(CC6CCC(C)CC6)C5)ccc(O)c4C(=O)C3=C(O)[C@@]2(O)C1=O. The highest BCUT2D eigenvalue weighted by Gasteiger charge is 2.71. The Morgan fingerprint density at radius 2 is 1.69 bits per heavy atom. The van der Waals surface area contributed by atoms with Crippen molar-refractivity contribution in [3.63, 3.8) is 0 Å². The first kappa shape index (κ1) is 31.5. The van der Waals surface area contributed by atoms with Crippen molar-refractivity contribution in [1.82, 2.24) is 0 Å². The predicted octanol–water partition coefficient (Wildman–Crippen LogP) is 7.28. The Morgan fingerprint density at radius 3 is 2.31 bits per heavy atom. The van der Waals surface area contributed by atoms with E-state index in [2.05, 4.69) is 19.1 Å². The zero-order valence-electron chi connectivity index (χ0n) is 27.3. The minimum absolute atomic E-state index is 0.0724. The molecule has 1 aromatic carbocycles. The fourth-order valence-corrected chi connectivity index (χ4v) is 9.84. The summed E-state index contributed by atoms with van der Waals surface area (Å²) in [5.41, 5.74) is -1.64. The Labute approximate surface area is 265 Å². The van der Waals surface area contributed by atoms with Gasteiger partial charge in [0.1, 0.15) is 22.8 Å². The van der Waals surface area contributed by atoms with Gasteiger partial charge in [-0.2, -0.15) is 0 Å². The van der Waals surface area contributed by atoms with Crippen molar-refractivity contribution >= 4 is 22.9 Å². The van der Waals surface area contributed by atoms with Gasteiger partial charge in [0.2, 0.25) is 5.78 Å². The maximum Gasteiger partial charge on any atom is 0.209 e. The van der Waals surface area contributed by atoms with Crippen LogP contribution in [0.4, 0.5) is 0 Å². The first-order valence-electron chi connectivity index (χ1n) is 16.5. The van der Waals surface area contributed by atoms with Crippen molar-refractivity contribution < 1.29 is 34.8 Å². The number of carbonyl (C=O) groups excluding carboxylic acids is 3. The van der Waals surface area contributed by atoms with Gasteiger partial charge in [-0.15, -0.1) is 0 Å². The number of carbonyl (C=O) groups is 3. The lowest BCUT2D eigenvalue weighted by atomic mass is 9.44. The third kappa shape index (κ3) is 4.44. The van der Waals surface area contributed by atoms with Crippen LogP contribution < -0.4 is 0 Å². The first-order valence-corrected chi connectivity index (χ1v) is 16.5. The van der Waals surface area contributed by atoms with Crippen LogP contribution in [0, 0.1) is 34.5 Å². The van der Waals surface area contributed by atoms with E-state index in [1.807, 2.05) is 26.8 Å². The van der Waals surface area contributed by atoms with Gasteiger partial charge in [-0.3, -0.25) is 14.4 Å². The summed E-state index contributed by atoms with van der Waals surface area (Å²) < 4.78 is 0. The first-order chi connectivity index (χ1) is 21.0. The third-order valence-corrected chi connectivity index (χ3v) is 11.9. The van der Waals surface area contributed by atoms with Crippen LogP contribution in [0.25, 0.3) is 5.57 Å². The van der Waals surface area contributed by atoms with Gasteiger partial charge in [0.15, 0.2) is 17.2 Å². The normalized spacial score (nSPS) is 34.8. The average Bonchev–Trinajstić information content (AvgIpc) is 3.39. The van der Waals surface area contributed by atoms with Crippen LogP contribution >= 0.6 is 0 Å². The molecule has 1 saturated carbocycles. The molecule has 5 aliphatic carbocycles. The van der Waals surface area contributed by atoms with Crippen LogP contribution in [0.5, 0.6) is 5.75 Å². The number of phenols is 1. The van der Waals surface area contributed by atoms with Gasteiger partial charge >= 0.3 is 0 Å². The van der Waals surface area contributed by atoms with E-state index >= 15 is 0 Å². The largest absolute Gasteiger partial charge is 0.511 e. The smallest absolute Gasteiger partial charge is 0.209 e. The molecule has 0 saturated heterocycles. The highest BCUT2D eigenvalue weighted by atomic mass is 16.3. The van der Waals surface area contributed by atoms with E-state index in [4.69, 9.17) is 0 Å². The molecule has 5 aliphatic rings. The van der Waals surface area contributed by atoms with E-state index in [9.17, 15) is 34.8 Å². The van der Waals surface area contributed by atoms with Crippen molar-refractivity contribution in [1.29, 1.82) is 0 Å². The molecule has 0 heterocycles. The number of aliphatic hydroxyl groups is 3. The Hall–Kier alpha value is -3.45. The molecule has 0 aromatic heterocycles. The highest BCUT2D eigenvalue weighted by Crippen LogP contribution is 2.65. The number of phenolic OH excluding ortho intramolecular Hbond substituents is 1. The summed E-state index contributed by atoms with van der Waals surface area (Å²) in [6.45, 7) is 10.6. The second-order valence-electron chi connectivity index (χ2n) is 15.5. The number of fused-ring (bicyclic) bond motifs is 3. The maximum atomic E-state index is 14.4. The summed E-state index contributed by atoms with van der Waals surface area (Å²) in [4.78, 5) is 40.8. The molecule has 45 heavy (non-hydrogen) atoms. The molecular formula is C38H46O7. The van der Waals surface area contributed by atoms with E-state index in [0.717, 1.165) is 36.8 Å². The quantitative estimate of drug-likeness (QED) is 0.256. The van der Waals surface area contributed by atoms with E-state index in [1.54, 1.807) is 6.92 Å². The fraction of sp³-hybridized carbons (Fsp3) is 0.553. The molecule has 4 atom stereocenters. The standard InChI is InChI=1S/C38H46O7/c1-19(2)30-32(41)28(21(4)39)34(43)38(45)35(44)31-33(42)29-26(17-36(31,5)18-37(30,38)6)25(13-14-27(29)40)24-12-11-23(16-24)15-22-9-7-20(3)8-10-22/h11-14,19-20,22,30,40-41,44-45H,7-10,15-18H2,1-6H3/t20?,22?,30?,36-,37-,38+/m1/s1. The molecule has 0 bridgehead atoms. The number of ketones is 3. The topological polar surface area (TPSA) is 132 Å². The molecule has 0 amide bonds. The summed E-state index contributed by atoms with van der Waals surface area (Å²) in [7, 11) is 0. The minimum Gasteiger partial charge on any atom is -0.511 e. The molecule has 7 heteroatoms. The Kier molecular flexibility index (Phi) is 7.39.